The molecule has 0 spiro atoms. The highest BCUT2D eigenvalue weighted by Crippen LogP contribution is 2.18. The van der Waals surface area contributed by atoms with Gasteiger partial charge in [-0.05, 0) is 25.7 Å². The van der Waals surface area contributed by atoms with Crippen molar-refractivity contribution in [2.75, 3.05) is 0 Å². The van der Waals surface area contributed by atoms with E-state index in [0.29, 0.717) is 6.42 Å². The number of hydrogen-bond donors (Lipinski definition) is 2. The second-order valence-electron chi connectivity index (χ2n) is 3.42. The lowest BCUT2D eigenvalue weighted by molar-refractivity contribution is -0.122. The molecule has 2 N–H and O–H groups in total. The zero-order chi connectivity index (χ0) is 8.97. The number of carbonyl (C=O) groups is 1. The van der Waals surface area contributed by atoms with Gasteiger partial charge in [-0.1, -0.05) is 6.92 Å². The van der Waals surface area contributed by atoms with Crippen LogP contribution in [0.1, 0.15) is 39.0 Å². The molecule has 0 aromatic rings. The smallest absolute Gasteiger partial charge is 0.220 e. The van der Waals surface area contributed by atoms with Crippen molar-refractivity contribution in [3.8, 4) is 0 Å². The minimum absolute atomic E-state index is 0. The Hall–Kier alpha value is -0.280. The molecule has 78 valence electrons. The van der Waals surface area contributed by atoms with Gasteiger partial charge in [-0.15, -0.1) is 12.4 Å². The lowest BCUT2D eigenvalue weighted by atomic mass is 10.2. The Balaban J connectivity index is 0.00000144. The molecule has 0 aromatic heterocycles. The van der Waals surface area contributed by atoms with E-state index in [1.54, 1.807) is 0 Å². The van der Waals surface area contributed by atoms with E-state index in [-0.39, 0.29) is 30.5 Å². The number of aliphatic hydroxyl groups is 1. The maximum Gasteiger partial charge on any atom is 0.220 e. The molecule has 0 saturated heterocycles. The Morgan fingerprint density at radius 1 is 1.54 bits per heavy atom. The molecule has 1 amide bonds. The maximum atomic E-state index is 11.1. The van der Waals surface area contributed by atoms with Gasteiger partial charge >= 0.3 is 0 Å². The molecule has 0 unspecified atom stereocenters. The summed E-state index contributed by atoms with van der Waals surface area (Å²) < 4.78 is 0. The largest absolute Gasteiger partial charge is 0.391 e. The Labute approximate surface area is 85.3 Å². The third-order valence-electron chi connectivity index (χ3n) is 2.30. The predicted octanol–water partition coefficient (Wildman–Crippen LogP) is 1.24. The van der Waals surface area contributed by atoms with E-state index in [2.05, 4.69) is 5.32 Å². The van der Waals surface area contributed by atoms with Crippen LogP contribution in [0.4, 0.5) is 0 Å². The van der Waals surface area contributed by atoms with Gasteiger partial charge in [0.05, 0.1) is 12.1 Å². The van der Waals surface area contributed by atoms with Gasteiger partial charge in [-0.3, -0.25) is 4.79 Å². The number of hydrogen-bond acceptors (Lipinski definition) is 2. The Morgan fingerprint density at radius 3 is 2.69 bits per heavy atom. The van der Waals surface area contributed by atoms with Crippen LogP contribution in [0.5, 0.6) is 0 Å². The van der Waals surface area contributed by atoms with Crippen LogP contribution < -0.4 is 5.32 Å². The third kappa shape index (κ3) is 3.96. The second-order valence-corrected chi connectivity index (χ2v) is 3.42. The molecule has 1 aliphatic carbocycles. The van der Waals surface area contributed by atoms with Gasteiger partial charge in [0, 0.05) is 6.42 Å². The summed E-state index contributed by atoms with van der Waals surface area (Å²) in [7, 11) is 0. The minimum Gasteiger partial charge on any atom is -0.391 e. The molecule has 13 heavy (non-hydrogen) atoms. The second kappa shape index (κ2) is 6.22. The molecule has 2 atom stereocenters. The first-order chi connectivity index (χ1) is 5.74. The molecule has 1 aliphatic rings. The summed E-state index contributed by atoms with van der Waals surface area (Å²) in [6.45, 7) is 1.98. The van der Waals surface area contributed by atoms with Crippen LogP contribution in [0.2, 0.25) is 0 Å². The van der Waals surface area contributed by atoms with E-state index in [9.17, 15) is 9.90 Å². The van der Waals surface area contributed by atoms with E-state index in [1.165, 1.54) is 0 Å². The lowest BCUT2D eigenvalue weighted by Gasteiger charge is -2.15. The van der Waals surface area contributed by atoms with Crippen molar-refractivity contribution in [1.82, 2.24) is 5.32 Å². The fourth-order valence-corrected chi connectivity index (χ4v) is 1.61. The summed E-state index contributed by atoms with van der Waals surface area (Å²) >= 11 is 0. The number of rotatable bonds is 3. The summed E-state index contributed by atoms with van der Waals surface area (Å²) in [5.41, 5.74) is 0. The molecule has 0 bridgehead atoms. The van der Waals surface area contributed by atoms with Crippen molar-refractivity contribution >= 4 is 18.3 Å². The van der Waals surface area contributed by atoms with Crippen LogP contribution in [0.3, 0.4) is 0 Å². The van der Waals surface area contributed by atoms with Gasteiger partial charge in [-0.2, -0.15) is 0 Å². The number of carbonyl (C=O) groups excluding carboxylic acids is 1. The minimum atomic E-state index is -0.314. The first-order valence-electron chi connectivity index (χ1n) is 4.71. The Morgan fingerprint density at radius 2 is 2.23 bits per heavy atom. The number of amides is 1. The Bertz CT molecular complexity index is 164. The van der Waals surface area contributed by atoms with E-state index in [0.717, 1.165) is 25.7 Å². The van der Waals surface area contributed by atoms with Crippen LogP contribution in [-0.2, 0) is 4.79 Å². The zero-order valence-electron chi connectivity index (χ0n) is 7.95. The standard InChI is InChI=1S/C9H17NO2.ClH/c1-2-4-9(12)10-7-5-3-6-8(7)11;/h7-8,11H,2-6H2,1H3,(H,10,12);1H/t7-,8-;/m0./s1. The highest BCUT2D eigenvalue weighted by molar-refractivity contribution is 5.85. The normalized spacial score (nSPS) is 26.6. The number of aliphatic hydroxyl groups excluding tert-OH is 1. The fourth-order valence-electron chi connectivity index (χ4n) is 1.61. The summed E-state index contributed by atoms with van der Waals surface area (Å²) in [5, 5.41) is 12.2. The first-order valence-corrected chi connectivity index (χ1v) is 4.71. The van der Waals surface area contributed by atoms with Crippen LogP contribution in [-0.4, -0.2) is 23.2 Å². The first kappa shape index (κ1) is 12.7. The molecular formula is C9H18ClNO2. The summed E-state index contributed by atoms with van der Waals surface area (Å²) in [6.07, 6.45) is 3.91. The summed E-state index contributed by atoms with van der Waals surface area (Å²) in [4.78, 5) is 11.1. The lowest BCUT2D eigenvalue weighted by Crippen LogP contribution is -2.39. The van der Waals surface area contributed by atoms with E-state index >= 15 is 0 Å². The van der Waals surface area contributed by atoms with E-state index < -0.39 is 0 Å². The molecule has 1 saturated carbocycles. The number of halogens is 1. The molecule has 4 heteroatoms. The topological polar surface area (TPSA) is 49.3 Å². The van der Waals surface area contributed by atoms with Gasteiger partial charge in [0.2, 0.25) is 5.91 Å². The van der Waals surface area contributed by atoms with Gasteiger partial charge in [-0.25, -0.2) is 0 Å². The van der Waals surface area contributed by atoms with Gasteiger partial charge < -0.3 is 10.4 Å². The van der Waals surface area contributed by atoms with Crippen molar-refractivity contribution < 1.29 is 9.90 Å². The predicted molar refractivity (Wildman–Crippen MR) is 53.9 cm³/mol. The molecule has 0 heterocycles. The van der Waals surface area contributed by atoms with E-state index in [1.807, 2.05) is 6.92 Å². The van der Waals surface area contributed by atoms with Crippen LogP contribution in [0, 0.1) is 0 Å². The van der Waals surface area contributed by atoms with Crippen molar-refractivity contribution in [3.05, 3.63) is 0 Å². The monoisotopic (exact) mass is 207 g/mol. The summed E-state index contributed by atoms with van der Waals surface area (Å²) in [6, 6.07) is 0.0176. The molecule has 1 rings (SSSR count). The van der Waals surface area contributed by atoms with Crippen LogP contribution in [0.25, 0.3) is 0 Å². The molecular weight excluding hydrogens is 190 g/mol. The maximum absolute atomic E-state index is 11.1. The highest BCUT2D eigenvalue weighted by atomic mass is 35.5. The molecule has 0 aromatic carbocycles. The molecule has 3 nitrogen and oxygen atoms in total. The van der Waals surface area contributed by atoms with Gasteiger partial charge in [0.1, 0.15) is 0 Å². The van der Waals surface area contributed by atoms with Crippen molar-refractivity contribution in [1.29, 1.82) is 0 Å². The summed E-state index contributed by atoms with van der Waals surface area (Å²) in [5.74, 6) is 0.0726. The zero-order valence-corrected chi connectivity index (χ0v) is 8.77. The molecule has 1 fully saturated rings. The third-order valence-corrected chi connectivity index (χ3v) is 2.30. The fraction of sp³-hybridized carbons (Fsp3) is 0.889. The van der Waals surface area contributed by atoms with Crippen LogP contribution in [0.15, 0.2) is 0 Å². The van der Waals surface area contributed by atoms with Crippen molar-refractivity contribution in [2.45, 2.75) is 51.2 Å². The van der Waals surface area contributed by atoms with Crippen molar-refractivity contribution in [2.24, 2.45) is 0 Å². The average molecular weight is 208 g/mol. The average Bonchev–Trinajstić information content (AvgIpc) is 2.37. The molecule has 0 radical (unpaired) electrons. The Kier molecular flexibility index (Phi) is 6.08. The quantitative estimate of drug-likeness (QED) is 0.732. The molecule has 0 aliphatic heterocycles. The highest BCUT2D eigenvalue weighted by Gasteiger charge is 2.25. The van der Waals surface area contributed by atoms with Gasteiger partial charge in [0.15, 0.2) is 0 Å². The van der Waals surface area contributed by atoms with Crippen LogP contribution >= 0.6 is 12.4 Å². The van der Waals surface area contributed by atoms with E-state index in [4.69, 9.17) is 0 Å². The number of nitrogens with one attached hydrogen (secondary N) is 1. The van der Waals surface area contributed by atoms with Gasteiger partial charge in [0.25, 0.3) is 0 Å². The SMILES string of the molecule is CCCC(=O)N[C@H]1CCC[C@@H]1O.Cl. The van der Waals surface area contributed by atoms with Crippen molar-refractivity contribution in [3.63, 3.8) is 0 Å².